The first-order chi connectivity index (χ1) is 10.2. The molecule has 0 spiro atoms. The number of benzene rings is 2. The molecule has 21 heavy (non-hydrogen) atoms. The molecule has 3 nitrogen and oxygen atoms in total. The summed E-state index contributed by atoms with van der Waals surface area (Å²) in [6, 6.07) is 14.6. The van der Waals surface area contributed by atoms with Crippen LogP contribution in [0.2, 0.25) is 5.02 Å². The lowest BCUT2D eigenvalue weighted by atomic mass is 10.2. The van der Waals surface area contributed by atoms with Gasteiger partial charge in [0.05, 0.1) is 0 Å². The van der Waals surface area contributed by atoms with Gasteiger partial charge in [0, 0.05) is 28.5 Å². The maximum atomic E-state index is 12.1. The summed E-state index contributed by atoms with van der Waals surface area (Å²) in [6.45, 7) is 3.13. The highest BCUT2D eigenvalue weighted by Gasteiger charge is 2.06. The molecule has 2 rings (SSSR count). The molecule has 0 unspecified atom stereocenters. The summed E-state index contributed by atoms with van der Waals surface area (Å²) in [5.74, 6) is -0.163. The second kappa shape index (κ2) is 7.70. The Morgan fingerprint density at radius 2 is 1.81 bits per heavy atom. The van der Waals surface area contributed by atoms with Gasteiger partial charge in [0.15, 0.2) is 0 Å². The van der Waals surface area contributed by atoms with E-state index in [1.54, 1.807) is 24.3 Å². The van der Waals surface area contributed by atoms with Gasteiger partial charge in [0.1, 0.15) is 0 Å². The third-order valence-electron chi connectivity index (χ3n) is 3.09. The Balaban J connectivity index is 1.95. The van der Waals surface area contributed by atoms with Crippen LogP contribution >= 0.6 is 11.6 Å². The molecule has 0 aliphatic carbocycles. The number of hydrogen-bond acceptors (Lipinski definition) is 2. The quantitative estimate of drug-likeness (QED) is 0.752. The topological polar surface area (TPSA) is 41.1 Å². The van der Waals surface area contributed by atoms with Crippen LogP contribution in [0.3, 0.4) is 0 Å². The van der Waals surface area contributed by atoms with Crippen LogP contribution in [0.25, 0.3) is 0 Å². The van der Waals surface area contributed by atoms with E-state index < -0.39 is 0 Å². The maximum Gasteiger partial charge on any atom is 0.255 e. The zero-order chi connectivity index (χ0) is 15.1. The van der Waals surface area contributed by atoms with Crippen LogP contribution in [0.15, 0.2) is 48.5 Å². The molecule has 2 aromatic rings. The van der Waals surface area contributed by atoms with Gasteiger partial charge in [-0.1, -0.05) is 31.0 Å². The molecule has 110 valence electrons. The van der Waals surface area contributed by atoms with Crippen LogP contribution in [0.5, 0.6) is 0 Å². The van der Waals surface area contributed by atoms with E-state index in [4.69, 9.17) is 11.6 Å². The summed E-state index contributed by atoms with van der Waals surface area (Å²) in [4.78, 5) is 12.1. The monoisotopic (exact) mass is 302 g/mol. The lowest BCUT2D eigenvalue weighted by Gasteiger charge is -2.08. The molecule has 0 atom stereocenters. The molecule has 0 heterocycles. The van der Waals surface area contributed by atoms with Crippen LogP contribution in [0.1, 0.15) is 30.1 Å². The van der Waals surface area contributed by atoms with Crippen LogP contribution in [0, 0.1) is 0 Å². The Kier molecular flexibility index (Phi) is 5.64. The smallest absolute Gasteiger partial charge is 0.255 e. The lowest BCUT2D eigenvalue weighted by Crippen LogP contribution is -2.11. The number of nitrogens with one attached hydrogen (secondary N) is 2. The Bertz CT molecular complexity index is 596. The van der Waals surface area contributed by atoms with Gasteiger partial charge in [-0.25, -0.2) is 0 Å². The molecule has 2 N–H and O–H groups in total. The van der Waals surface area contributed by atoms with Gasteiger partial charge < -0.3 is 10.6 Å². The summed E-state index contributed by atoms with van der Waals surface area (Å²) >= 11 is 5.88. The number of hydrogen-bond donors (Lipinski definition) is 2. The van der Waals surface area contributed by atoms with E-state index in [-0.39, 0.29) is 5.91 Å². The first-order valence-corrected chi connectivity index (χ1v) is 7.47. The highest BCUT2D eigenvalue weighted by atomic mass is 35.5. The first-order valence-electron chi connectivity index (χ1n) is 7.10. The van der Waals surface area contributed by atoms with E-state index in [9.17, 15) is 4.79 Å². The minimum absolute atomic E-state index is 0.163. The van der Waals surface area contributed by atoms with Crippen molar-refractivity contribution >= 4 is 28.9 Å². The molecule has 0 saturated heterocycles. The average molecular weight is 303 g/mol. The molecule has 0 aliphatic rings. The molecule has 0 bridgehead atoms. The third-order valence-corrected chi connectivity index (χ3v) is 3.32. The fourth-order valence-corrected chi connectivity index (χ4v) is 2.10. The Hall–Kier alpha value is -2.00. The molecule has 1 amide bonds. The molecular formula is C17H19ClN2O. The van der Waals surface area contributed by atoms with Crippen molar-refractivity contribution in [1.29, 1.82) is 0 Å². The van der Waals surface area contributed by atoms with Gasteiger partial charge in [0.25, 0.3) is 5.91 Å². The SMILES string of the molecule is CCCCNc1ccc(NC(=O)c2cccc(Cl)c2)cc1. The fraction of sp³-hybridized carbons (Fsp3) is 0.235. The maximum absolute atomic E-state index is 12.1. The second-order valence-electron chi connectivity index (χ2n) is 4.82. The number of carbonyl (C=O) groups is 1. The zero-order valence-electron chi connectivity index (χ0n) is 12.0. The van der Waals surface area contributed by atoms with Crippen molar-refractivity contribution in [3.63, 3.8) is 0 Å². The van der Waals surface area contributed by atoms with Crippen LogP contribution < -0.4 is 10.6 Å². The minimum Gasteiger partial charge on any atom is -0.385 e. The first kappa shape index (κ1) is 15.4. The van der Waals surface area contributed by atoms with E-state index in [1.165, 1.54) is 6.42 Å². The van der Waals surface area contributed by atoms with E-state index in [0.29, 0.717) is 10.6 Å². The van der Waals surface area contributed by atoms with E-state index in [2.05, 4.69) is 17.6 Å². The van der Waals surface area contributed by atoms with Gasteiger partial charge in [0.2, 0.25) is 0 Å². The third kappa shape index (κ3) is 4.80. The predicted molar refractivity (Wildman–Crippen MR) is 89.2 cm³/mol. The summed E-state index contributed by atoms with van der Waals surface area (Å²) in [5.41, 5.74) is 2.37. The largest absolute Gasteiger partial charge is 0.385 e. The molecule has 0 radical (unpaired) electrons. The fourth-order valence-electron chi connectivity index (χ4n) is 1.91. The zero-order valence-corrected chi connectivity index (χ0v) is 12.8. The van der Waals surface area contributed by atoms with Crippen molar-refractivity contribution in [3.05, 3.63) is 59.1 Å². The van der Waals surface area contributed by atoms with Crippen molar-refractivity contribution in [3.8, 4) is 0 Å². The molecule has 0 aromatic heterocycles. The Labute approximate surface area is 130 Å². The van der Waals surface area contributed by atoms with Crippen LogP contribution in [-0.2, 0) is 0 Å². The summed E-state index contributed by atoms with van der Waals surface area (Å²) in [7, 11) is 0. The van der Waals surface area contributed by atoms with Crippen molar-refractivity contribution in [2.24, 2.45) is 0 Å². The van der Waals surface area contributed by atoms with Crippen molar-refractivity contribution in [2.45, 2.75) is 19.8 Å². The summed E-state index contributed by atoms with van der Waals surface area (Å²) in [5, 5.41) is 6.74. The van der Waals surface area contributed by atoms with Crippen LogP contribution in [-0.4, -0.2) is 12.5 Å². The second-order valence-corrected chi connectivity index (χ2v) is 5.26. The molecule has 0 saturated carbocycles. The molecule has 0 aliphatic heterocycles. The van der Waals surface area contributed by atoms with E-state index in [0.717, 1.165) is 24.3 Å². The standard InChI is InChI=1S/C17H19ClN2O/c1-2-3-11-19-15-7-9-16(10-8-15)20-17(21)13-5-4-6-14(18)12-13/h4-10,12,19H,2-3,11H2,1H3,(H,20,21). The van der Waals surface area contributed by atoms with Crippen LogP contribution in [0.4, 0.5) is 11.4 Å². The van der Waals surface area contributed by atoms with Gasteiger partial charge >= 0.3 is 0 Å². The highest BCUT2D eigenvalue weighted by Crippen LogP contribution is 2.16. The van der Waals surface area contributed by atoms with Crippen molar-refractivity contribution in [1.82, 2.24) is 0 Å². The number of unbranched alkanes of at least 4 members (excludes halogenated alkanes) is 1. The molecule has 0 fully saturated rings. The van der Waals surface area contributed by atoms with Crippen molar-refractivity contribution < 1.29 is 4.79 Å². The van der Waals surface area contributed by atoms with Gasteiger partial charge in [-0.15, -0.1) is 0 Å². The Morgan fingerprint density at radius 1 is 1.10 bits per heavy atom. The lowest BCUT2D eigenvalue weighted by molar-refractivity contribution is 0.102. The van der Waals surface area contributed by atoms with E-state index in [1.807, 2.05) is 24.3 Å². The number of anilines is 2. The summed E-state index contributed by atoms with van der Waals surface area (Å²) in [6.07, 6.45) is 2.31. The summed E-state index contributed by atoms with van der Waals surface area (Å²) < 4.78 is 0. The number of amides is 1. The predicted octanol–water partition coefficient (Wildman–Crippen LogP) is 4.80. The number of carbonyl (C=O) groups excluding carboxylic acids is 1. The Morgan fingerprint density at radius 3 is 2.48 bits per heavy atom. The normalized spacial score (nSPS) is 10.2. The number of rotatable bonds is 6. The minimum atomic E-state index is -0.163. The van der Waals surface area contributed by atoms with E-state index >= 15 is 0 Å². The highest BCUT2D eigenvalue weighted by molar-refractivity contribution is 6.31. The molecular weight excluding hydrogens is 284 g/mol. The van der Waals surface area contributed by atoms with Gasteiger partial charge in [-0.3, -0.25) is 4.79 Å². The van der Waals surface area contributed by atoms with Crippen molar-refractivity contribution in [2.75, 3.05) is 17.2 Å². The number of halogens is 1. The van der Waals surface area contributed by atoms with Gasteiger partial charge in [-0.2, -0.15) is 0 Å². The van der Waals surface area contributed by atoms with Gasteiger partial charge in [-0.05, 0) is 48.9 Å². The molecule has 2 aromatic carbocycles. The average Bonchev–Trinajstić information content (AvgIpc) is 2.49. The molecule has 4 heteroatoms.